The molecule has 0 N–H and O–H groups in total. The van der Waals surface area contributed by atoms with E-state index >= 15 is 0 Å². The number of aromatic nitrogens is 2. The minimum absolute atomic E-state index is 0.146. The van der Waals surface area contributed by atoms with Gasteiger partial charge in [-0.3, -0.25) is 14.7 Å². The van der Waals surface area contributed by atoms with Gasteiger partial charge in [0.2, 0.25) is 5.89 Å². The van der Waals surface area contributed by atoms with Crippen LogP contribution >= 0.6 is 0 Å². The normalized spacial score (nSPS) is 13.4. The molecule has 2 aromatic carbocycles. The first kappa shape index (κ1) is 16.4. The number of rotatable bonds is 3. The maximum Gasteiger partial charge on any atom is 0.278 e. The summed E-state index contributed by atoms with van der Waals surface area (Å²) in [7, 11) is 0. The third-order valence-corrected chi connectivity index (χ3v) is 4.87. The molecule has 3 heterocycles. The topological polar surface area (TPSA) is 59.2 Å². The molecule has 5 heteroatoms. The van der Waals surface area contributed by atoms with Crippen LogP contribution in [-0.2, 0) is 6.42 Å². The van der Waals surface area contributed by atoms with E-state index in [1.807, 2.05) is 72.8 Å². The monoisotopic (exact) mass is 367 g/mol. The summed E-state index contributed by atoms with van der Waals surface area (Å²) in [4.78, 5) is 23.8. The minimum Gasteiger partial charge on any atom is -0.434 e. The molecule has 5 rings (SSSR count). The van der Waals surface area contributed by atoms with Crippen LogP contribution in [0.3, 0.4) is 0 Å². The highest BCUT2D eigenvalue weighted by Gasteiger charge is 2.31. The van der Waals surface area contributed by atoms with Crippen LogP contribution in [-0.4, -0.2) is 22.4 Å². The Morgan fingerprint density at radius 3 is 2.32 bits per heavy atom. The molecular weight excluding hydrogens is 350 g/mol. The average Bonchev–Trinajstić information content (AvgIpc) is 3.21. The second kappa shape index (κ2) is 6.78. The second-order valence-electron chi connectivity index (χ2n) is 6.62. The Hall–Kier alpha value is -3.73. The maximum atomic E-state index is 13.1. The van der Waals surface area contributed by atoms with Gasteiger partial charge in [-0.15, -0.1) is 0 Å². The molecule has 0 fully saturated rings. The molecule has 1 amide bonds. The predicted octanol–water partition coefficient (Wildman–Crippen LogP) is 4.61. The van der Waals surface area contributed by atoms with Crippen LogP contribution in [0.5, 0.6) is 0 Å². The zero-order chi connectivity index (χ0) is 18.9. The first-order valence-electron chi connectivity index (χ1n) is 9.19. The Bertz CT molecular complexity index is 1140. The Balaban J connectivity index is 1.64. The molecule has 1 aliphatic rings. The van der Waals surface area contributed by atoms with Crippen LogP contribution in [0.2, 0.25) is 0 Å². The van der Waals surface area contributed by atoms with Gasteiger partial charge in [0.25, 0.3) is 5.91 Å². The molecule has 0 unspecified atom stereocenters. The molecule has 0 spiro atoms. The van der Waals surface area contributed by atoms with Crippen LogP contribution in [0.25, 0.3) is 22.8 Å². The maximum absolute atomic E-state index is 13.1. The zero-order valence-corrected chi connectivity index (χ0v) is 15.1. The van der Waals surface area contributed by atoms with Crippen LogP contribution in [0.4, 0.5) is 5.82 Å². The van der Waals surface area contributed by atoms with Crippen molar-refractivity contribution in [3.05, 3.63) is 90.3 Å². The summed E-state index contributed by atoms with van der Waals surface area (Å²) >= 11 is 0. The van der Waals surface area contributed by atoms with Crippen molar-refractivity contribution in [3.63, 3.8) is 0 Å². The molecule has 136 valence electrons. The predicted molar refractivity (Wildman–Crippen MR) is 107 cm³/mol. The summed E-state index contributed by atoms with van der Waals surface area (Å²) in [6.07, 6.45) is 2.38. The van der Waals surface area contributed by atoms with Crippen molar-refractivity contribution < 1.29 is 9.21 Å². The molecule has 0 aliphatic carbocycles. The molecule has 0 radical (unpaired) electrons. The quantitative estimate of drug-likeness (QED) is 0.531. The van der Waals surface area contributed by atoms with E-state index in [0.29, 0.717) is 29.7 Å². The fourth-order valence-corrected chi connectivity index (χ4v) is 3.47. The fraction of sp³-hybridized carbons (Fsp3) is 0.0870. The summed E-state index contributed by atoms with van der Waals surface area (Å²) in [5.74, 6) is 1.47. The summed E-state index contributed by atoms with van der Waals surface area (Å²) in [5, 5.41) is 0. The standard InChI is InChI=1S/C23H17N3O2/c27-23-19-16(12-7-14-24-19)13-15-26(23)21-20(17-8-3-1-4-9-17)28-22(25-21)18-10-5-2-6-11-18/h1-12,14H,13,15H2. The number of amides is 1. The smallest absolute Gasteiger partial charge is 0.278 e. The Morgan fingerprint density at radius 2 is 1.57 bits per heavy atom. The highest BCUT2D eigenvalue weighted by atomic mass is 16.4. The third kappa shape index (κ3) is 2.77. The Kier molecular flexibility index (Phi) is 3.98. The Labute approximate surface area is 162 Å². The highest BCUT2D eigenvalue weighted by molar-refractivity contribution is 6.07. The molecule has 0 saturated carbocycles. The first-order chi connectivity index (χ1) is 13.8. The van der Waals surface area contributed by atoms with Gasteiger partial charge in [-0.1, -0.05) is 54.6 Å². The van der Waals surface area contributed by atoms with Crippen molar-refractivity contribution in [3.8, 4) is 22.8 Å². The second-order valence-corrected chi connectivity index (χ2v) is 6.62. The molecule has 5 nitrogen and oxygen atoms in total. The van der Waals surface area contributed by atoms with E-state index in [1.165, 1.54) is 0 Å². The van der Waals surface area contributed by atoms with Crippen LogP contribution in [0.1, 0.15) is 16.1 Å². The number of pyridine rings is 1. The lowest BCUT2D eigenvalue weighted by molar-refractivity contribution is 0.0974. The Morgan fingerprint density at radius 1 is 0.857 bits per heavy atom. The zero-order valence-electron chi connectivity index (χ0n) is 15.1. The molecule has 0 saturated heterocycles. The van der Waals surface area contributed by atoms with E-state index < -0.39 is 0 Å². The lowest BCUT2D eigenvalue weighted by atomic mass is 10.0. The van der Waals surface area contributed by atoms with Gasteiger partial charge in [-0.25, -0.2) is 0 Å². The number of carbonyl (C=O) groups excluding carboxylic acids is 1. The van der Waals surface area contributed by atoms with Crippen LogP contribution in [0.15, 0.2) is 83.4 Å². The number of carbonyl (C=O) groups is 1. The van der Waals surface area contributed by atoms with E-state index in [0.717, 1.165) is 23.1 Å². The van der Waals surface area contributed by atoms with Gasteiger partial charge >= 0.3 is 0 Å². The van der Waals surface area contributed by atoms with Gasteiger partial charge in [-0.2, -0.15) is 4.98 Å². The number of fused-ring (bicyclic) bond motifs is 1. The summed E-state index contributed by atoms with van der Waals surface area (Å²) in [6, 6.07) is 23.3. The van der Waals surface area contributed by atoms with Crippen LogP contribution in [0, 0.1) is 0 Å². The minimum atomic E-state index is -0.146. The van der Waals surface area contributed by atoms with Crippen molar-refractivity contribution in [2.45, 2.75) is 6.42 Å². The van der Waals surface area contributed by atoms with E-state index in [9.17, 15) is 4.79 Å². The van der Waals surface area contributed by atoms with E-state index in [4.69, 9.17) is 9.40 Å². The summed E-state index contributed by atoms with van der Waals surface area (Å²) < 4.78 is 6.15. The number of benzene rings is 2. The number of hydrogen-bond acceptors (Lipinski definition) is 4. The molecule has 0 atom stereocenters. The van der Waals surface area contributed by atoms with Crippen molar-refractivity contribution in [2.24, 2.45) is 0 Å². The summed E-state index contributed by atoms with van der Waals surface area (Å²) in [6.45, 7) is 0.540. The fourth-order valence-electron chi connectivity index (χ4n) is 3.47. The number of hydrogen-bond donors (Lipinski definition) is 0. The third-order valence-electron chi connectivity index (χ3n) is 4.87. The number of nitrogens with zero attached hydrogens (tertiary/aromatic N) is 3. The largest absolute Gasteiger partial charge is 0.434 e. The van der Waals surface area contributed by atoms with E-state index in [1.54, 1.807) is 11.1 Å². The van der Waals surface area contributed by atoms with Gasteiger partial charge in [0.15, 0.2) is 11.6 Å². The first-order valence-corrected chi connectivity index (χ1v) is 9.19. The van der Waals surface area contributed by atoms with Gasteiger partial charge in [0, 0.05) is 23.9 Å². The molecule has 2 aromatic heterocycles. The molecule has 28 heavy (non-hydrogen) atoms. The molecule has 0 bridgehead atoms. The van der Waals surface area contributed by atoms with Gasteiger partial charge < -0.3 is 4.42 Å². The van der Waals surface area contributed by atoms with E-state index in [2.05, 4.69) is 4.98 Å². The lowest BCUT2D eigenvalue weighted by Crippen LogP contribution is -2.38. The lowest BCUT2D eigenvalue weighted by Gasteiger charge is -2.26. The van der Waals surface area contributed by atoms with Gasteiger partial charge in [0.1, 0.15) is 5.69 Å². The molecular formula is C23H17N3O2. The molecule has 4 aromatic rings. The van der Waals surface area contributed by atoms with E-state index in [-0.39, 0.29) is 5.91 Å². The molecule has 1 aliphatic heterocycles. The van der Waals surface area contributed by atoms with Crippen molar-refractivity contribution in [1.82, 2.24) is 9.97 Å². The van der Waals surface area contributed by atoms with Gasteiger partial charge in [0.05, 0.1) is 0 Å². The SMILES string of the molecule is O=C1c2ncccc2CCN1c1nc(-c2ccccc2)oc1-c1ccccc1. The average molecular weight is 367 g/mol. The van der Waals surface area contributed by atoms with Crippen molar-refractivity contribution in [2.75, 3.05) is 11.4 Å². The number of anilines is 1. The highest BCUT2D eigenvalue weighted by Crippen LogP contribution is 2.36. The number of oxazole rings is 1. The van der Waals surface area contributed by atoms with Crippen molar-refractivity contribution in [1.29, 1.82) is 0 Å². The summed E-state index contributed by atoms with van der Waals surface area (Å²) in [5.41, 5.74) is 3.20. The van der Waals surface area contributed by atoms with Crippen LogP contribution < -0.4 is 4.90 Å². The van der Waals surface area contributed by atoms with Gasteiger partial charge in [-0.05, 0) is 30.2 Å². The van der Waals surface area contributed by atoms with Crippen molar-refractivity contribution >= 4 is 11.7 Å².